The molecule has 0 aromatic heterocycles. The van der Waals surface area contributed by atoms with E-state index in [9.17, 15) is 9.59 Å². The van der Waals surface area contributed by atoms with Gasteiger partial charge in [-0.25, -0.2) is 4.79 Å². The first-order valence-corrected chi connectivity index (χ1v) is 8.79. The average molecular weight is 334 g/mol. The maximum absolute atomic E-state index is 13.1. The van der Waals surface area contributed by atoms with Crippen LogP contribution < -0.4 is 5.32 Å². The average Bonchev–Trinajstić information content (AvgIpc) is 3.15. The summed E-state index contributed by atoms with van der Waals surface area (Å²) in [6, 6.07) is 13.8. The van der Waals surface area contributed by atoms with Gasteiger partial charge in [0.1, 0.15) is 5.54 Å². The monoisotopic (exact) mass is 334 g/mol. The van der Waals surface area contributed by atoms with E-state index in [1.54, 1.807) is 6.92 Å². The lowest BCUT2D eigenvalue weighted by molar-refractivity contribution is -0.131. The SMILES string of the molecule is Cc1ccc(CN2C(=O)N[C@](C)(c3ccc4c(c3)CCC4)C2=O)cc1. The van der Waals surface area contributed by atoms with Crippen molar-refractivity contribution in [3.8, 4) is 0 Å². The van der Waals surface area contributed by atoms with Crippen molar-refractivity contribution in [1.29, 1.82) is 0 Å². The lowest BCUT2D eigenvalue weighted by Gasteiger charge is -2.23. The molecule has 4 rings (SSSR count). The molecule has 4 heteroatoms. The van der Waals surface area contributed by atoms with Crippen molar-refractivity contribution < 1.29 is 9.59 Å². The molecule has 1 aliphatic heterocycles. The normalized spacial score (nSPS) is 22.2. The summed E-state index contributed by atoms with van der Waals surface area (Å²) >= 11 is 0. The van der Waals surface area contributed by atoms with Gasteiger partial charge in [0.15, 0.2) is 0 Å². The molecule has 25 heavy (non-hydrogen) atoms. The Morgan fingerprint density at radius 1 is 1.04 bits per heavy atom. The minimum absolute atomic E-state index is 0.184. The van der Waals surface area contributed by atoms with Gasteiger partial charge < -0.3 is 5.32 Å². The maximum Gasteiger partial charge on any atom is 0.325 e. The Kier molecular flexibility index (Phi) is 3.64. The van der Waals surface area contributed by atoms with E-state index < -0.39 is 5.54 Å². The van der Waals surface area contributed by atoms with Gasteiger partial charge in [-0.2, -0.15) is 0 Å². The van der Waals surface area contributed by atoms with Crippen molar-refractivity contribution in [2.75, 3.05) is 0 Å². The number of hydrogen-bond donors (Lipinski definition) is 1. The molecule has 0 spiro atoms. The Morgan fingerprint density at radius 2 is 1.76 bits per heavy atom. The quantitative estimate of drug-likeness (QED) is 0.874. The predicted octanol–water partition coefficient (Wildman–Crippen LogP) is 3.45. The van der Waals surface area contributed by atoms with Crippen molar-refractivity contribution in [2.24, 2.45) is 0 Å². The molecule has 2 aliphatic rings. The van der Waals surface area contributed by atoms with Crippen molar-refractivity contribution in [3.63, 3.8) is 0 Å². The van der Waals surface area contributed by atoms with Crippen LogP contribution in [0, 0.1) is 6.92 Å². The highest BCUT2D eigenvalue weighted by Crippen LogP contribution is 2.33. The zero-order valence-corrected chi connectivity index (χ0v) is 14.6. The van der Waals surface area contributed by atoms with E-state index in [0.29, 0.717) is 6.54 Å². The number of nitrogens with zero attached hydrogens (tertiary/aromatic N) is 1. The maximum atomic E-state index is 13.1. The molecule has 2 aromatic carbocycles. The largest absolute Gasteiger partial charge is 0.325 e. The highest BCUT2D eigenvalue weighted by Gasteiger charge is 2.49. The summed E-state index contributed by atoms with van der Waals surface area (Å²) in [4.78, 5) is 26.8. The summed E-state index contributed by atoms with van der Waals surface area (Å²) in [7, 11) is 0. The number of fused-ring (bicyclic) bond motifs is 1. The number of carbonyl (C=O) groups excluding carboxylic acids is 2. The Morgan fingerprint density at radius 3 is 2.52 bits per heavy atom. The van der Waals surface area contributed by atoms with Crippen LogP contribution in [-0.4, -0.2) is 16.8 Å². The number of benzene rings is 2. The van der Waals surface area contributed by atoms with Crippen LogP contribution in [0.15, 0.2) is 42.5 Å². The Hall–Kier alpha value is -2.62. The summed E-state index contributed by atoms with van der Waals surface area (Å²) in [6.45, 7) is 4.12. The van der Waals surface area contributed by atoms with Gasteiger partial charge in [0.25, 0.3) is 5.91 Å². The molecule has 0 unspecified atom stereocenters. The molecule has 128 valence electrons. The zero-order valence-electron chi connectivity index (χ0n) is 14.6. The van der Waals surface area contributed by atoms with Gasteiger partial charge in [-0.3, -0.25) is 9.69 Å². The van der Waals surface area contributed by atoms with Crippen molar-refractivity contribution in [1.82, 2.24) is 10.2 Å². The fraction of sp³-hybridized carbons (Fsp3) is 0.333. The third-order valence-corrected chi connectivity index (χ3v) is 5.41. The number of amides is 3. The lowest BCUT2D eigenvalue weighted by Crippen LogP contribution is -2.40. The van der Waals surface area contributed by atoms with E-state index in [1.807, 2.05) is 37.3 Å². The van der Waals surface area contributed by atoms with Crippen molar-refractivity contribution in [2.45, 2.75) is 45.2 Å². The van der Waals surface area contributed by atoms with Gasteiger partial charge >= 0.3 is 6.03 Å². The van der Waals surface area contributed by atoms with Crippen LogP contribution >= 0.6 is 0 Å². The van der Waals surface area contributed by atoms with Gasteiger partial charge in [0, 0.05) is 0 Å². The first kappa shape index (κ1) is 15.9. The molecule has 0 saturated carbocycles. The van der Waals surface area contributed by atoms with E-state index in [0.717, 1.165) is 36.0 Å². The summed E-state index contributed by atoms with van der Waals surface area (Å²) in [5.74, 6) is -0.184. The summed E-state index contributed by atoms with van der Waals surface area (Å²) < 4.78 is 0. The number of carbonyl (C=O) groups is 2. The zero-order chi connectivity index (χ0) is 17.6. The Bertz CT molecular complexity index is 857. The lowest BCUT2D eigenvalue weighted by atomic mass is 9.89. The third-order valence-electron chi connectivity index (χ3n) is 5.41. The van der Waals surface area contributed by atoms with E-state index in [-0.39, 0.29) is 11.9 Å². The van der Waals surface area contributed by atoms with Gasteiger partial charge in [-0.15, -0.1) is 0 Å². The second-order valence-corrected chi connectivity index (χ2v) is 7.27. The molecule has 4 nitrogen and oxygen atoms in total. The van der Waals surface area contributed by atoms with E-state index >= 15 is 0 Å². The molecular formula is C21H22N2O2. The minimum atomic E-state index is -0.987. The molecular weight excluding hydrogens is 312 g/mol. The molecule has 1 atom stereocenters. The second kappa shape index (κ2) is 5.73. The number of imide groups is 1. The highest BCUT2D eigenvalue weighted by atomic mass is 16.2. The number of aryl methyl sites for hydroxylation is 3. The Balaban J connectivity index is 1.62. The van der Waals surface area contributed by atoms with E-state index in [1.165, 1.54) is 16.0 Å². The molecule has 2 aromatic rings. The van der Waals surface area contributed by atoms with Crippen LogP contribution in [0.1, 0.15) is 41.2 Å². The highest BCUT2D eigenvalue weighted by molar-refractivity contribution is 6.07. The van der Waals surface area contributed by atoms with Crippen LogP contribution in [0.2, 0.25) is 0 Å². The molecule has 0 radical (unpaired) electrons. The van der Waals surface area contributed by atoms with Gasteiger partial charge in [0.2, 0.25) is 0 Å². The molecule has 0 bridgehead atoms. The molecule has 1 saturated heterocycles. The third kappa shape index (κ3) is 2.62. The van der Waals surface area contributed by atoms with Crippen LogP contribution in [0.25, 0.3) is 0 Å². The van der Waals surface area contributed by atoms with Crippen molar-refractivity contribution in [3.05, 3.63) is 70.3 Å². The first-order valence-electron chi connectivity index (χ1n) is 8.79. The predicted molar refractivity (Wildman–Crippen MR) is 96.1 cm³/mol. The van der Waals surface area contributed by atoms with E-state index in [4.69, 9.17) is 0 Å². The number of hydrogen-bond acceptors (Lipinski definition) is 2. The molecule has 3 amide bonds. The van der Waals surface area contributed by atoms with Crippen LogP contribution in [0.5, 0.6) is 0 Å². The molecule has 1 aliphatic carbocycles. The van der Waals surface area contributed by atoms with Crippen LogP contribution in [0.4, 0.5) is 4.79 Å². The Labute approximate surface area is 147 Å². The summed E-state index contributed by atoms with van der Waals surface area (Å²) in [5.41, 5.74) is 4.66. The minimum Gasteiger partial charge on any atom is -0.319 e. The standard InChI is InChI=1S/C21H22N2O2/c1-14-6-8-15(9-7-14)13-23-19(24)21(2,22-20(23)25)18-11-10-16-4-3-5-17(16)12-18/h6-12H,3-5,13H2,1-2H3,(H,22,25)/t21-/m1/s1. The molecule has 1 fully saturated rings. The number of nitrogens with one attached hydrogen (secondary N) is 1. The van der Waals surface area contributed by atoms with E-state index in [2.05, 4.69) is 17.4 Å². The fourth-order valence-electron chi connectivity index (χ4n) is 3.80. The van der Waals surface area contributed by atoms with Crippen LogP contribution in [0.3, 0.4) is 0 Å². The van der Waals surface area contributed by atoms with Gasteiger partial charge in [-0.1, -0.05) is 48.0 Å². The summed E-state index contributed by atoms with van der Waals surface area (Å²) in [6.07, 6.45) is 3.32. The van der Waals surface area contributed by atoms with Crippen molar-refractivity contribution >= 4 is 11.9 Å². The number of urea groups is 1. The first-order chi connectivity index (χ1) is 12.0. The van der Waals surface area contributed by atoms with Crippen LogP contribution in [-0.2, 0) is 29.7 Å². The molecule has 1 N–H and O–H groups in total. The number of rotatable bonds is 3. The second-order valence-electron chi connectivity index (χ2n) is 7.27. The van der Waals surface area contributed by atoms with Gasteiger partial charge in [-0.05, 0) is 55.4 Å². The molecule has 1 heterocycles. The van der Waals surface area contributed by atoms with Gasteiger partial charge in [0.05, 0.1) is 6.54 Å². The fourth-order valence-corrected chi connectivity index (χ4v) is 3.80. The summed E-state index contributed by atoms with van der Waals surface area (Å²) in [5, 5.41) is 2.91. The smallest absolute Gasteiger partial charge is 0.319 e. The topological polar surface area (TPSA) is 49.4 Å².